The van der Waals surface area contributed by atoms with Gasteiger partial charge in [-0.3, -0.25) is 10.4 Å². The topological polar surface area (TPSA) is 50.2 Å². The summed E-state index contributed by atoms with van der Waals surface area (Å²) in [6.45, 7) is 1.94. The van der Waals surface area contributed by atoms with E-state index in [1.807, 2.05) is 37.3 Å². The Balaban J connectivity index is 2.09. The van der Waals surface area contributed by atoms with E-state index in [0.29, 0.717) is 0 Å². The zero-order valence-corrected chi connectivity index (χ0v) is 8.96. The third-order valence-corrected chi connectivity index (χ3v) is 2.10. The summed E-state index contributed by atoms with van der Waals surface area (Å²) in [5.74, 6) is 0.732. The summed E-state index contributed by atoms with van der Waals surface area (Å²) >= 11 is 0. The zero-order chi connectivity index (χ0) is 11.2. The van der Waals surface area contributed by atoms with Gasteiger partial charge in [0.1, 0.15) is 5.82 Å². The fourth-order valence-electron chi connectivity index (χ4n) is 1.23. The van der Waals surface area contributed by atoms with Crippen LogP contribution >= 0.6 is 0 Å². The minimum Gasteiger partial charge on any atom is -0.265 e. The highest BCUT2D eigenvalue weighted by molar-refractivity contribution is 5.98. The summed E-state index contributed by atoms with van der Waals surface area (Å²) < 4.78 is 0. The molecule has 0 atom stereocenters. The monoisotopic (exact) mass is 212 g/mol. The van der Waals surface area contributed by atoms with Gasteiger partial charge >= 0.3 is 0 Å². The molecule has 0 aromatic carbocycles. The molecule has 0 unspecified atom stereocenters. The number of hydrogen-bond acceptors (Lipinski definition) is 4. The number of hydrogen-bond donors (Lipinski definition) is 1. The van der Waals surface area contributed by atoms with E-state index in [4.69, 9.17) is 0 Å². The quantitative estimate of drug-likeness (QED) is 0.627. The van der Waals surface area contributed by atoms with Crippen LogP contribution in [0.3, 0.4) is 0 Å². The Labute approximate surface area is 94.1 Å². The van der Waals surface area contributed by atoms with Crippen LogP contribution in [-0.2, 0) is 0 Å². The number of rotatable bonds is 3. The fraction of sp³-hybridized carbons (Fsp3) is 0.0833. The maximum absolute atomic E-state index is 4.24. The SMILES string of the molecule is C/C(=N\Nc1ccccn1)c1ccncc1. The number of anilines is 1. The molecule has 0 saturated heterocycles. The average molecular weight is 212 g/mol. The first-order chi connectivity index (χ1) is 7.86. The molecule has 0 aliphatic carbocycles. The standard InChI is InChI=1S/C12H12N4/c1-10(11-5-8-13-9-6-11)15-16-12-4-2-3-7-14-12/h2-9H,1H3,(H,14,16)/b15-10+. The van der Waals surface area contributed by atoms with Gasteiger partial charge in [-0.25, -0.2) is 4.98 Å². The average Bonchev–Trinajstić information content (AvgIpc) is 2.38. The molecule has 0 bridgehead atoms. The molecule has 0 aliphatic rings. The van der Waals surface area contributed by atoms with Crippen LogP contribution in [0.15, 0.2) is 54.0 Å². The first-order valence-corrected chi connectivity index (χ1v) is 4.98. The van der Waals surface area contributed by atoms with Gasteiger partial charge in [0.05, 0.1) is 5.71 Å². The summed E-state index contributed by atoms with van der Waals surface area (Å²) in [6.07, 6.45) is 5.21. The van der Waals surface area contributed by atoms with Crippen molar-refractivity contribution in [2.24, 2.45) is 5.10 Å². The molecular weight excluding hydrogens is 200 g/mol. The van der Waals surface area contributed by atoms with Crippen molar-refractivity contribution in [3.05, 3.63) is 54.5 Å². The van der Waals surface area contributed by atoms with Crippen LogP contribution < -0.4 is 5.43 Å². The maximum Gasteiger partial charge on any atom is 0.146 e. The van der Waals surface area contributed by atoms with Gasteiger partial charge < -0.3 is 0 Å². The molecule has 0 saturated carbocycles. The van der Waals surface area contributed by atoms with Crippen LogP contribution in [0.25, 0.3) is 0 Å². The Morgan fingerprint density at radius 3 is 2.62 bits per heavy atom. The summed E-state index contributed by atoms with van der Waals surface area (Å²) in [7, 11) is 0. The molecule has 80 valence electrons. The van der Waals surface area contributed by atoms with Gasteiger partial charge in [0.2, 0.25) is 0 Å². The molecule has 0 amide bonds. The summed E-state index contributed by atoms with van der Waals surface area (Å²) in [4.78, 5) is 8.07. The predicted molar refractivity (Wildman–Crippen MR) is 64.3 cm³/mol. The Bertz CT molecular complexity index is 465. The lowest BCUT2D eigenvalue weighted by Crippen LogP contribution is -2.00. The van der Waals surface area contributed by atoms with E-state index in [-0.39, 0.29) is 0 Å². The lowest BCUT2D eigenvalue weighted by molar-refractivity contribution is 1.22. The molecular formula is C12H12N4. The highest BCUT2D eigenvalue weighted by Gasteiger charge is 1.95. The molecule has 0 spiro atoms. The molecule has 2 heterocycles. The number of nitrogens with zero attached hydrogens (tertiary/aromatic N) is 3. The van der Waals surface area contributed by atoms with Crippen molar-refractivity contribution in [1.29, 1.82) is 0 Å². The molecule has 16 heavy (non-hydrogen) atoms. The zero-order valence-electron chi connectivity index (χ0n) is 8.96. The molecule has 0 fully saturated rings. The Morgan fingerprint density at radius 1 is 1.12 bits per heavy atom. The molecule has 2 aromatic rings. The second kappa shape index (κ2) is 5.02. The van der Waals surface area contributed by atoms with E-state index < -0.39 is 0 Å². The normalized spacial score (nSPS) is 11.2. The van der Waals surface area contributed by atoms with Crippen LogP contribution in [0.1, 0.15) is 12.5 Å². The van der Waals surface area contributed by atoms with E-state index in [9.17, 15) is 0 Å². The number of aromatic nitrogens is 2. The van der Waals surface area contributed by atoms with E-state index >= 15 is 0 Å². The molecule has 4 nitrogen and oxygen atoms in total. The van der Waals surface area contributed by atoms with Crippen LogP contribution in [0, 0.1) is 0 Å². The summed E-state index contributed by atoms with van der Waals surface area (Å²) in [5, 5.41) is 4.24. The predicted octanol–water partition coefficient (Wildman–Crippen LogP) is 2.31. The number of pyridine rings is 2. The van der Waals surface area contributed by atoms with E-state index in [1.54, 1.807) is 18.6 Å². The Hall–Kier alpha value is -2.23. The van der Waals surface area contributed by atoms with Gasteiger partial charge in [0.15, 0.2) is 0 Å². The molecule has 1 N–H and O–H groups in total. The van der Waals surface area contributed by atoms with Crippen molar-refractivity contribution in [3.63, 3.8) is 0 Å². The fourth-order valence-corrected chi connectivity index (χ4v) is 1.23. The van der Waals surface area contributed by atoms with E-state index in [2.05, 4.69) is 20.5 Å². The van der Waals surface area contributed by atoms with Gasteiger partial charge in [0, 0.05) is 24.2 Å². The highest BCUT2D eigenvalue weighted by Crippen LogP contribution is 2.02. The van der Waals surface area contributed by atoms with Gasteiger partial charge in [-0.1, -0.05) is 6.07 Å². The molecule has 2 aromatic heterocycles. The van der Waals surface area contributed by atoms with Crippen molar-refractivity contribution in [2.75, 3.05) is 5.43 Å². The van der Waals surface area contributed by atoms with Crippen molar-refractivity contribution < 1.29 is 0 Å². The Morgan fingerprint density at radius 2 is 1.94 bits per heavy atom. The smallest absolute Gasteiger partial charge is 0.146 e. The van der Waals surface area contributed by atoms with Gasteiger partial charge in [0.25, 0.3) is 0 Å². The van der Waals surface area contributed by atoms with Crippen LogP contribution in [0.5, 0.6) is 0 Å². The second-order valence-corrected chi connectivity index (χ2v) is 3.26. The van der Waals surface area contributed by atoms with Crippen LogP contribution in [0.2, 0.25) is 0 Å². The second-order valence-electron chi connectivity index (χ2n) is 3.26. The molecule has 4 heteroatoms. The molecule has 0 radical (unpaired) electrons. The van der Waals surface area contributed by atoms with Crippen molar-refractivity contribution in [2.45, 2.75) is 6.92 Å². The molecule has 0 aliphatic heterocycles. The summed E-state index contributed by atoms with van der Waals surface area (Å²) in [5.41, 5.74) is 4.84. The lowest BCUT2D eigenvalue weighted by atomic mass is 10.2. The molecule has 2 rings (SSSR count). The van der Waals surface area contributed by atoms with Crippen molar-refractivity contribution in [3.8, 4) is 0 Å². The van der Waals surface area contributed by atoms with E-state index in [0.717, 1.165) is 17.1 Å². The summed E-state index contributed by atoms with van der Waals surface area (Å²) in [6, 6.07) is 9.47. The minimum atomic E-state index is 0.732. The highest BCUT2D eigenvalue weighted by atomic mass is 15.3. The third kappa shape index (κ3) is 2.63. The van der Waals surface area contributed by atoms with Crippen LogP contribution in [-0.4, -0.2) is 15.7 Å². The third-order valence-electron chi connectivity index (χ3n) is 2.10. The van der Waals surface area contributed by atoms with Crippen molar-refractivity contribution >= 4 is 11.5 Å². The van der Waals surface area contributed by atoms with Gasteiger partial charge in [-0.2, -0.15) is 5.10 Å². The van der Waals surface area contributed by atoms with Crippen molar-refractivity contribution in [1.82, 2.24) is 9.97 Å². The first kappa shape index (κ1) is 10.3. The van der Waals surface area contributed by atoms with Gasteiger partial charge in [-0.05, 0) is 31.2 Å². The van der Waals surface area contributed by atoms with Crippen LogP contribution in [0.4, 0.5) is 5.82 Å². The largest absolute Gasteiger partial charge is 0.265 e. The lowest BCUT2D eigenvalue weighted by Gasteiger charge is -2.01. The van der Waals surface area contributed by atoms with Gasteiger partial charge in [-0.15, -0.1) is 0 Å². The minimum absolute atomic E-state index is 0.732. The number of hydrazone groups is 1. The Kier molecular flexibility index (Phi) is 3.23. The maximum atomic E-state index is 4.24. The van der Waals surface area contributed by atoms with E-state index in [1.165, 1.54) is 0 Å². The number of nitrogens with one attached hydrogen (secondary N) is 1. The first-order valence-electron chi connectivity index (χ1n) is 4.98.